The first kappa shape index (κ1) is 44.9. The summed E-state index contributed by atoms with van der Waals surface area (Å²) < 4.78 is 167. The molecule has 0 fully saturated rings. The van der Waals surface area contributed by atoms with Gasteiger partial charge in [-0.05, 0) is 19.3 Å². The molecule has 1 atom stereocenters. The van der Waals surface area contributed by atoms with Crippen LogP contribution >= 0.6 is 0 Å². The topological polar surface area (TPSA) is 122 Å². The van der Waals surface area contributed by atoms with E-state index in [2.05, 4.69) is 26.6 Å². The summed E-state index contributed by atoms with van der Waals surface area (Å²) in [5, 5.41) is 2.64. The molecule has 0 saturated carbocycles. The molecule has 2 aromatic carbocycles. The van der Waals surface area contributed by atoms with Crippen LogP contribution in [0.2, 0.25) is 0 Å². The number of nitrogens with zero attached hydrogens (tertiary/aromatic N) is 1. The van der Waals surface area contributed by atoms with Crippen molar-refractivity contribution < 1.29 is 86.7 Å². The van der Waals surface area contributed by atoms with Gasteiger partial charge >= 0.3 is 11.9 Å². The Hall–Kier alpha value is -4.49. The molecule has 1 aliphatic rings. The first-order valence-electron chi connectivity index (χ1n) is 16.5. The van der Waals surface area contributed by atoms with Crippen LogP contribution in [0.5, 0.6) is 11.5 Å². The highest BCUT2D eigenvalue weighted by Crippen LogP contribution is 2.30. The summed E-state index contributed by atoms with van der Waals surface area (Å²) in [4.78, 5) is 37.4. The summed E-state index contributed by atoms with van der Waals surface area (Å²) in [6, 6.07) is 0. The van der Waals surface area contributed by atoms with Crippen molar-refractivity contribution in [1.82, 2.24) is 10.2 Å². The molecule has 2 aromatic rings. The van der Waals surface area contributed by atoms with Gasteiger partial charge in [-0.2, -0.15) is 17.6 Å². The minimum Gasteiger partial charge on any atom is -0.419 e. The van der Waals surface area contributed by atoms with Gasteiger partial charge in [-0.3, -0.25) is 19.3 Å². The number of hydrogen-bond donors (Lipinski definition) is 1. The highest BCUT2D eigenvalue weighted by atomic mass is 19.2. The highest BCUT2D eigenvalue weighted by Gasteiger charge is 2.31. The Balaban J connectivity index is 1.42. The monoisotopic (exact) mass is 804 g/mol. The number of carbonyl (C=O) groups is 3. The van der Waals surface area contributed by atoms with Crippen LogP contribution in [0.3, 0.4) is 0 Å². The molecule has 21 heteroatoms. The van der Waals surface area contributed by atoms with Crippen molar-refractivity contribution in [2.24, 2.45) is 0 Å². The molecule has 0 heterocycles. The van der Waals surface area contributed by atoms with E-state index < -0.39 is 101 Å². The largest absolute Gasteiger partial charge is 0.419 e. The highest BCUT2D eigenvalue weighted by molar-refractivity contribution is 5.78. The standard InChI is InChI=1S/C34H34F10N2O9/c35-23-25(37)29(41)33(30(42)26(23)38)54-21(48)16-46(17-22(49)55-34-31(43)27(39)24(36)28(40)32(34)44)9-11-51-13-15-52-14-12-50-10-8-45-20(47)18-53-19-6-4-2-1-3-5-7-19/h19H,1-4,6,8-18H2,(H,45,47). The van der Waals surface area contributed by atoms with Crippen molar-refractivity contribution in [3.8, 4) is 23.3 Å². The Kier molecular flexibility index (Phi) is 18.6. The van der Waals surface area contributed by atoms with Gasteiger partial charge < -0.3 is 33.7 Å². The lowest BCUT2D eigenvalue weighted by Gasteiger charge is -2.21. The van der Waals surface area contributed by atoms with E-state index in [1.165, 1.54) is 0 Å². The smallest absolute Gasteiger partial charge is 0.325 e. The average molecular weight is 805 g/mol. The molecule has 1 N–H and O–H groups in total. The second-order valence-electron chi connectivity index (χ2n) is 11.4. The first-order valence-corrected chi connectivity index (χ1v) is 16.5. The third-order valence-electron chi connectivity index (χ3n) is 7.29. The van der Waals surface area contributed by atoms with Gasteiger partial charge in [-0.25, -0.2) is 26.3 Å². The number of halogens is 10. The van der Waals surface area contributed by atoms with Crippen molar-refractivity contribution in [2.75, 3.05) is 72.4 Å². The number of benzene rings is 2. The van der Waals surface area contributed by atoms with Crippen molar-refractivity contribution in [3.63, 3.8) is 0 Å². The molecular formula is C34H34F10N2O9. The zero-order valence-corrected chi connectivity index (χ0v) is 28.8. The Morgan fingerprint density at radius 1 is 0.600 bits per heavy atom. The second kappa shape index (κ2) is 22.8. The van der Waals surface area contributed by atoms with Gasteiger partial charge in [0, 0.05) is 19.5 Å². The Labute approximate surface area is 307 Å². The van der Waals surface area contributed by atoms with E-state index >= 15 is 0 Å². The molecule has 0 aromatic heterocycles. The van der Waals surface area contributed by atoms with Crippen LogP contribution in [-0.4, -0.2) is 101 Å². The SMILES string of the molecule is O=C(COC1C#CCCCCC1)NCCOCCOCCOCCN(CC(=O)Oc1c(F)c(F)c(F)c(F)c1F)CC(=O)Oc1c(F)c(F)c(F)c(F)c1F. The Morgan fingerprint density at radius 2 is 1.05 bits per heavy atom. The number of ether oxygens (including phenoxy) is 6. The molecule has 1 aliphatic carbocycles. The molecule has 0 bridgehead atoms. The predicted molar refractivity (Wildman–Crippen MR) is 166 cm³/mol. The van der Waals surface area contributed by atoms with E-state index in [0.717, 1.165) is 32.1 Å². The van der Waals surface area contributed by atoms with Gasteiger partial charge in [0.2, 0.25) is 75.6 Å². The van der Waals surface area contributed by atoms with E-state index in [1.807, 2.05) is 0 Å². The van der Waals surface area contributed by atoms with Crippen LogP contribution in [0, 0.1) is 70.0 Å². The summed E-state index contributed by atoms with van der Waals surface area (Å²) in [6.45, 7) is -2.90. The number of rotatable bonds is 21. The molecule has 11 nitrogen and oxygen atoms in total. The van der Waals surface area contributed by atoms with Crippen LogP contribution in [0.4, 0.5) is 43.9 Å². The molecule has 1 unspecified atom stereocenters. The molecule has 0 spiro atoms. The van der Waals surface area contributed by atoms with Gasteiger partial charge in [0.1, 0.15) is 12.7 Å². The van der Waals surface area contributed by atoms with Crippen LogP contribution < -0.4 is 14.8 Å². The summed E-state index contributed by atoms with van der Waals surface area (Å²) in [5.41, 5.74) is 0. The van der Waals surface area contributed by atoms with Gasteiger partial charge in [0.05, 0.1) is 52.7 Å². The van der Waals surface area contributed by atoms with Gasteiger partial charge in [0.25, 0.3) is 0 Å². The lowest BCUT2D eigenvalue weighted by atomic mass is 10.1. The molecule has 3 rings (SSSR count). The maximum Gasteiger partial charge on any atom is 0.325 e. The van der Waals surface area contributed by atoms with E-state index in [4.69, 9.17) is 18.9 Å². The van der Waals surface area contributed by atoms with Crippen LogP contribution in [0.25, 0.3) is 0 Å². The molecule has 1 amide bonds. The maximum absolute atomic E-state index is 14.0. The van der Waals surface area contributed by atoms with Crippen molar-refractivity contribution >= 4 is 17.8 Å². The van der Waals surface area contributed by atoms with Crippen LogP contribution in [0.15, 0.2) is 0 Å². The summed E-state index contributed by atoms with van der Waals surface area (Å²) in [6.07, 6.45) is 4.39. The zero-order valence-electron chi connectivity index (χ0n) is 28.8. The quantitative estimate of drug-likeness (QED) is 0.0370. The molecule has 0 aliphatic heterocycles. The van der Waals surface area contributed by atoms with E-state index in [0.29, 0.717) is 4.90 Å². The van der Waals surface area contributed by atoms with Crippen molar-refractivity contribution in [3.05, 3.63) is 58.2 Å². The number of hydrogen-bond acceptors (Lipinski definition) is 10. The molecule has 0 radical (unpaired) electrons. The van der Waals surface area contributed by atoms with Crippen LogP contribution in [-0.2, 0) is 33.3 Å². The molecule has 55 heavy (non-hydrogen) atoms. The fourth-order valence-electron chi connectivity index (χ4n) is 4.55. The van der Waals surface area contributed by atoms with Crippen LogP contribution in [0.1, 0.15) is 32.1 Å². The Bertz CT molecular complexity index is 1580. The summed E-state index contributed by atoms with van der Waals surface area (Å²) in [5.74, 6) is -26.5. The minimum absolute atomic E-state index is 0.0218. The fraction of sp³-hybridized carbons (Fsp3) is 0.500. The second-order valence-corrected chi connectivity index (χ2v) is 11.4. The van der Waals surface area contributed by atoms with Crippen molar-refractivity contribution in [1.29, 1.82) is 0 Å². The van der Waals surface area contributed by atoms with E-state index in [9.17, 15) is 58.3 Å². The van der Waals surface area contributed by atoms with Crippen molar-refractivity contribution in [2.45, 2.75) is 38.2 Å². The summed E-state index contributed by atoms with van der Waals surface area (Å²) in [7, 11) is 0. The molecule has 0 saturated heterocycles. The maximum atomic E-state index is 14.0. The summed E-state index contributed by atoms with van der Waals surface area (Å²) >= 11 is 0. The van der Waals surface area contributed by atoms with E-state index in [1.54, 1.807) is 0 Å². The van der Waals surface area contributed by atoms with Gasteiger partial charge in [-0.15, -0.1) is 5.92 Å². The first-order chi connectivity index (χ1) is 26.2. The third kappa shape index (κ3) is 13.9. The third-order valence-corrected chi connectivity index (χ3v) is 7.29. The Morgan fingerprint density at radius 3 is 1.56 bits per heavy atom. The molecule has 304 valence electrons. The predicted octanol–water partition coefficient (Wildman–Crippen LogP) is 4.41. The number of esters is 2. The fourth-order valence-corrected chi connectivity index (χ4v) is 4.55. The number of amides is 1. The minimum atomic E-state index is -2.54. The van der Waals surface area contributed by atoms with Gasteiger partial charge in [-0.1, -0.05) is 12.3 Å². The number of nitrogens with one attached hydrogen (secondary N) is 1. The lowest BCUT2D eigenvalue weighted by molar-refractivity contribution is -0.140. The lowest BCUT2D eigenvalue weighted by Crippen LogP contribution is -2.40. The normalized spacial score (nSPS) is 14.2. The average Bonchev–Trinajstić information content (AvgIpc) is 3.14. The van der Waals surface area contributed by atoms with E-state index in [-0.39, 0.29) is 64.8 Å². The molecular weight excluding hydrogens is 770 g/mol. The number of carbonyl (C=O) groups excluding carboxylic acids is 3. The zero-order chi connectivity index (χ0) is 40.5. The van der Waals surface area contributed by atoms with Gasteiger partial charge in [0.15, 0.2) is 0 Å².